The van der Waals surface area contributed by atoms with Gasteiger partial charge in [-0.1, -0.05) is 144 Å². The maximum absolute atomic E-state index is 14.6. The van der Waals surface area contributed by atoms with Gasteiger partial charge in [-0.05, 0) is 67.2 Å². The van der Waals surface area contributed by atoms with E-state index in [-0.39, 0.29) is 47.8 Å². The number of fused-ring (bicyclic) bond motifs is 1. The first-order chi connectivity index (χ1) is 30.7. The molecule has 3 heterocycles. The number of ketones is 2. The number of hydrogen-bond donors (Lipinski definition) is 0. The second kappa shape index (κ2) is 23.1. The number of hydrogen-bond acceptors (Lipinski definition) is 10. The second-order valence-corrected chi connectivity index (χ2v) is 35.6. The quantitative estimate of drug-likeness (QED) is 0.0836. The van der Waals surface area contributed by atoms with Crippen molar-refractivity contribution in [3.63, 3.8) is 0 Å². The van der Waals surface area contributed by atoms with Gasteiger partial charge in [0.05, 0.1) is 62.5 Å². The van der Waals surface area contributed by atoms with Gasteiger partial charge in [-0.2, -0.15) is 0 Å². The molecule has 3 saturated heterocycles. The van der Waals surface area contributed by atoms with Gasteiger partial charge in [0.15, 0.2) is 16.6 Å². The number of carbonyl (C=O) groups is 2. The van der Waals surface area contributed by atoms with Crippen molar-refractivity contribution in [1.29, 1.82) is 0 Å². The van der Waals surface area contributed by atoms with E-state index in [1.165, 1.54) is 0 Å². The Morgan fingerprint density at radius 3 is 1.65 bits per heavy atom. The summed E-state index contributed by atoms with van der Waals surface area (Å²) in [4.78, 5) is 29.1. The fraction of sp³-hybridized carbons (Fsp3) is 0.731. The molecular formula is C52H86O10Si3. The van der Waals surface area contributed by atoms with E-state index in [9.17, 15) is 9.59 Å². The molecule has 10 nitrogen and oxygen atoms in total. The molecule has 0 unspecified atom stereocenters. The number of rotatable bonds is 22. The number of benzene rings is 2. The van der Waals surface area contributed by atoms with E-state index in [4.69, 9.17) is 36.7 Å². The molecule has 5 rings (SSSR count). The van der Waals surface area contributed by atoms with Crippen LogP contribution in [0, 0.1) is 0 Å². The summed E-state index contributed by atoms with van der Waals surface area (Å²) in [5, 5.41) is -0.373. The normalized spacial score (nSPS) is 27.7. The monoisotopic (exact) mass is 955 g/mol. The van der Waals surface area contributed by atoms with E-state index < -0.39 is 66.8 Å². The molecule has 2 aromatic carbocycles. The second-order valence-electron chi connectivity index (χ2n) is 21.4. The molecule has 13 heteroatoms. The number of carbonyl (C=O) groups excluding carboxylic acids is 2. The topological polar surface area (TPSA) is 108 Å². The molecule has 0 saturated carbocycles. The molecule has 3 fully saturated rings. The van der Waals surface area contributed by atoms with Crippen molar-refractivity contribution in [3.8, 4) is 0 Å². The Balaban J connectivity index is 1.42. The predicted octanol–water partition coefficient (Wildman–Crippen LogP) is 12.0. The lowest BCUT2D eigenvalue weighted by Gasteiger charge is -2.57. The van der Waals surface area contributed by atoms with Gasteiger partial charge in [0.2, 0.25) is 11.6 Å². The van der Waals surface area contributed by atoms with Gasteiger partial charge in [0.25, 0.3) is 0 Å². The molecule has 0 aliphatic carbocycles. The molecule has 0 aromatic heterocycles. The van der Waals surface area contributed by atoms with Crippen molar-refractivity contribution in [2.75, 3.05) is 13.2 Å². The molecule has 0 bridgehead atoms. The van der Waals surface area contributed by atoms with E-state index >= 15 is 0 Å². The van der Waals surface area contributed by atoms with Crippen LogP contribution in [0.1, 0.15) is 133 Å². The first kappa shape index (κ1) is 54.1. The highest BCUT2D eigenvalue weighted by Gasteiger charge is 2.63. The minimum atomic E-state index is -2.79. The molecule has 366 valence electrons. The zero-order valence-electron chi connectivity index (χ0n) is 42.5. The Labute approximate surface area is 396 Å². The summed E-state index contributed by atoms with van der Waals surface area (Å²) in [7, 11) is -7.14. The lowest BCUT2D eigenvalue weighted by Crippen LogP contribution is -2.68. The van der Waals surface area contributed by atoms with Gasteiger partial charge in [0.1, 0.15) is 12.2 Å². The first-order valence-corrected chi connectivity index (χ1v) is 32.0. The van der Waals surface area contributed by atoms with Crippen LogP contribution in [0.15, 0.2) is 60.7 Å². The van der Waals surface area contributed by atoms with E-state index in [1.807, 2.05) is 48.5 Å². The molecule has 65 heavy (non-hydrogen) atoms. The van der Waals surface area contributed by atoms with Crippen LogP contribution in [-0.4, -0.2) is 98.3 Å². The van der Waals surface area contributed by atoms with Crippen molar-refractivity contribution >= 4 is 36.8 Å². The lowest BCUT2D eigenvalue weighted by molar-refractivity contribution is -0.198. The van der Waals surface area contributed by atoms with Crippen LogP contribution in [-0.2, 0) is 59.5 Å². The van der Waals surface area contributed by atoms with E-state index in [0.29, 0.717) is 39.1 Å². The minimum Gasteiger partial charge on any atom is -0.411 e. The summed E-state index contributed by atoms with van der Waals surface area (Å²) in [6.07, 6.45) is -1.50. The van der Waals surface area contributed by atoms with Gasteiger partial charge in [0, 0.05) is 29.3 Å². The standard InChI is InChI=1S/C52H86O10Si3/c1-14-63(15-2,16-3)60-43-30-31-52(13,56-36-40-28-24-21-25-29-40)49(38-55-35-39-26-22-20-23-27-39)59-44(43)32-41(53)42(54)33-45-46(61-64(17-4,18-5)19-6)34-47-48(58-45)37-57-65(62-47,50(7,8)9)51(10,11)12/h20-29,43-49H,14-19,30-38H2,1-13H3/t43-,44+,45-,46+,47-,48+,49-,52+/m0/s1. The summed E-state index contributed by atoms with van der Waals surface area (Å²) in [6, 6.07) is 26.0. The summed E-state index contributed by atoms with van der Waals surface area (Å²) >= 11 is 0. The fourth-order valence-corrected chi connectivity index (χ4v) is 21.5. The average Bonchev–Trinajstić information content (AvgIpc) is 3.41. The fourth-order valence-electron chi connectivity index (χ4n) is 10.7. The van der Waals surface area contributed by atoms with Gasteiger partial charge in [-0.15, -0.1) is 0 Å². The Morgan fingerprint density at radius 2 is 1.15 bits per heavy atom. The summed E-state index contributed by atoms with van der Waals surface area (Å²) in [5.41, 5.74) is 1.36. The van der Waals surface area contributed by atoms with Crippen molar-refractivity contribution in [2.45, 2.75) is 230 Å². The maximum atomic E-state index is 14.6. The highest BCUT2D eigenvalue weighted by Crippen LogP contribution is 2.55. The molecule has 3 aliphatic heterocycles. The highest BCUT2D eigenvalue weighted by atomic mass is 28.4. The summed E-state index contributed by atoms with van der Waals surface area (Å²) in [6.45, 7) is 30.2. The molecule has 3 aliphatic rings. The average molecular weight is 956 g/mol. The van der Waals surface area contributed by atoms with Crippen molar-refractivity contribution in [1.82, 2.24) is 0 Å². The molecule has 0 N–H and O–H groups in total. The maximum Gasteiger partial charge on any atom is 0.349 e. The summed E-state index contributed by atoms with van der Waals surface area (Å²) in [5.74, 6) is -0.947. The minimum absolute atomic E-state index is 0.0766. The van der Waals surface area contributed by atoms with Crippen LogP contribution in [0.4, 0.5) is 0 Å². The van der Waals surface area contributed by atoms with Gasteiger partial charge >= 0.3 is 8.56 Å². The Kier molecular flexibility index (Phi) is 19.2. The summed E-state index contributed by atoms with van der Waals surface area (Å²) < 4.78 is 55.7. The Hall–Kier alpha value is -1.89. The highest BCUT2D eigenvalue weighted by molar-refractivity contribution is 6.74. The van der Waals surface area contributed by atoms with E-state index in [1.54, 1.807) is 0 Å². The molecule has 8 atom stereocenters. The lowest BCUT2D eigenvalue weighted by atomic mass is 9.91. The van der Waals surface area contributed by atoms with Gasteiger partial charge < -0.3 is 36.7 Å². The predicted molar refractivity (Wildman–Crippen MR) is 266 cm³/mol. The van der Waals surface area contributed by atoms with Crippen LogP contribution in [0.2, 0.25) is 46.3 Å². The van der Waals surface area contributed by atoms with Crippen LogP contribution in [0.5, 0.6) is 0 Å². The van der Waals surface area contributed by atoms with Crippen molar-refractivity contribution < 1.29 is 46.2 Å². The Bertz CT molecular complexity index is 1750. The van der Waals surface area contributed by atoms with Crippen LogP contribution in [0.3, 0.4) is 0 Å². The molecule has 0 amide bonds. The zero-order valence-corrected chi connectivity index (χ0v) is 45.5. The van der Waals surface area contributed by atoms with Crippen LogP contribution >= 0.6 is 0 Å². The number of ether oxygens (including phenoxy) is 4. The van der Waals surface area contributed by atoms with Crippen LogP contribution < -0.4 is 0 Å². The molecule has 0 spiro atoms. The first-order valence-electron chi connectivity index (χ1n) is 25.1. The zero-order chi connectivity index (χ0) is 47.7. The van der Waals surface area contributed by atoms with Gasteiger partial charge in [-0.25, -0.2) is 0 Å². The van der Waals surface area contributed by atoms with Crippen LogP contribution in [0.25, 0.3) is 0 Å². The third-order valence-electron chi connectivity index (χ3n) is 15.3. The van der Waals surface area contributed by atoms with E-state index in [0.717, 1.165) is 47.4 Å². The van der Waals surface area contributed by atoms with E-state index in [2.05, 4.69) is 102 Å². The number of Topliss-reactive ketones (excluding diaryl/α,β-unsaturated/α-hetero) is 2. The van der Waals surface area contributed by atoms with Crippen molar-refractivity contribution in [3.05, 3.63) is 71.8 Å². The SMILES string of the molecule is CC[Si](CC)(CC)O[C@H]1CC[C@@](C)(OCc2ccccc2)[C@H](COCc2ccccc2)O[C@@H]1CC(=O)C(=O)C[C@@H]1O[C@@H]2CO[Si](C(C)(C)C)(C(C)(C)C)O[C@H]2C[C@H]1O[Si](CC)(CC)CC. The smallest absolute Gasteiger partial charge is 0.349 e. The molecule has 2 aromatic rings. The third-order valence-corrected chi connectivity index (χ3v) is 29.8. The third kappa shape index (κ3) is 13.1. The molecule has 0 radical (unpaired) electrons. The van der Waals surface area contributed by atoms with Crippen molar-refractivity contribution in [2.24, 2.45) is 0 Å². The molecular weight excluding hydrogens is 869 g/mol. The van der Waals surface area contributed by atoms with Gasteiger partial charge in [-0.3, -0.25) is 9.59 Å². The largest absolute Gasteiger partial charge is 0.411 e. The Morgan fingerprint density at radius 1 is 0.677 bits per heavy atom.